The van der Waals surface area contributed by atoms with E-state index >= 15 is 0 Å². The van der Waals surface area contributed by atoms with E-state index in [-0.39, 0.29) is 33.1 Å². The Balaban J connectivity index is 0. The summed E-state index contributed by atoms with van der Waals surface area (Å²) in [6.45, 7) is 2.21. The third-order valence-corrected chi connectivity index (χ3v) is 1.91. The monoisotopic (exact) mass is 182 g/mol. The molecule has 1 aliphatic rings. The summed E-state index contributed by atoms with van der Waals surface area (Å²) in [4.78, 5) is 0. The van der Waals surface area contributed by atoms with E-state index in [0.29, 0.717) is 0 Å². The van der Waals surface area contributed by atoms with E-state index in [1.807, 2.05) is 0 Å². The fourth-order valence-electron chi connectivity index (χ4n) is 1.40. The van der Waals surface area contributed by atoms with E-state index < -0.39 is 0 Å². The first-order valence-electron chi connectivity index (χ1n) is 3.47. The predicted molar refractivity (Wildman–Crippen MR) is 54.4 cm³/mol. The lowest BCUT2D eigenvalue weighted by Crippen LogP contribution is -2.16. The molecular weight excluding hydrogens is 164 g/mol. The normalized spacial score (nSPS) is 31.8. The average Bonchev–Trinajstić information content (AvgIpc) is 1.64. The maximum atomic E-state index is 9.08. The summed E-state index contributed by atoms with van der Waals surface area (Å²) in [6, 6.07) is 0. The van der Waals surface area contributed by atoms with Crippen molar-refractivity contribution in [2.45, 2.75) is 38.7 Å². The van der Waals surface area contributed by atoms with Crippen molar-refractivity contribution in [1.82, 2.24) is 0 Å². The molecule has 1 saturated carbocycles. The van der Waals surface area contributed by atoms with Crippen LogP contribution in [0, 0.1) is 5.92 Å². The molecule has 0 radical (unpaired) electrons. The summed E-state index contributed by atoms with van der Waals surface area (Å²) in [5, 5.41) is 9.08. The molecule has 0 aromatic heterocycles. The molecule has 0 aromatic carbocycles. The van der Waals surface area contributed by atoms with Crippen LogP contribution in [0.4, 0.5) is 0 Å². The highest BCUT2D eigenvalue weighted by Gasteiger charge is 2.15. The minimum absolute atomic E-state index is 0. The molecule has 0 saturated heterocycles. The van der Waals surface area contributed by atoms with Crippen LogP contribution in [0.25, 0.3) is 0 Å². The van der Waals surface area contributed by atoms with Crippen molar-refractivity contribution in [2.24, 2.45) is 5.92 Å². The van der Waals surface area contributed by atoms with Crippen molar-refractivity contribution >= 4 is 27.0 Å². The summed E-state index contributed by atoms with van der Waals surface area (Å²) < 4.78 is 0. The third-order valence-electron chi connectivity index (χ3n) is 1.91. The van der Waals surface area contributed by atoms with E-state index in [9.17, 15) is 0 Å². The Morgan fingerprint density at radius 3 is 2.10 bits per heavy atom. The van der Waals surface area contributed by atoms with Crippen molar-refractivity contribution in [3.05, 3.63) is 0 Å². The van der Waals surface area contributed by atoms with Crippen LogP contribution >= 0.6 is 27.0 Å². The van der Waals surface area contributed by atoms with Crippen LogP contribution in [0.15, 0.2) is 0 Å². The zero-order valence-corrected chi connectivity index (χ0v) is 8.43. The molecular formula is C7H18OS2. The second kappa shape index (κ2) is 6.38. The Hall–Kier alpha value is 0.660. The number of hydrogen-bond acceptors (Lipinski definition) is 1. The molecule has 0 aliphatic heterocycles. The van der Waals surface area contributed by atoms with Crippen molar-refractivity contribution in [1.29, 1.82) is 0 Å². The molecule has 1 N–H and O–H groups in total. The van der Waals surface area contributed by atoms with Gasteiger partial charge in [0.15, 0.2) is 0 Å². The van der Waals surface area contributed by atoms with Gasteiger partial charge in [0.2, 0.25) is 0 Å². The molecule has 0 aromatic rings. The summed E-state index contributed by atoms with van der Waals surface area (Å²) in [7, 11) is 0. The van der Waals surface area contributed by atoms with E-state index in [1.165, 1.54) is 12.8 Å². The molecule has 0 bridgehead atoms. The van der Waals surface area contributed by atoms with Crippen molar-refractivity contribution in [3.8, 4) is 0 Å². The van der Waals surface area contributed by atoms with Gasteiger partial charge in [0.25, 0.3) is 0 Å². The molecule has 1 fully saturated rings. The first-order valence-corrected chi connectivity index (χ1v) is 3.47. The van der Waals surface area contributed by atoms with Gasteiger partial charge < -0.3 is 5.11 Å². The second-order valence-electron chi connectivity index (χ2n) is 2.93. The highest BCUT2D eigenvalue weighted by Crippen LogP contribution is 2.22. The lowest BCUT2D eigenvalue weighted by molar-refractivity contribution is 0.106. The summed E-state index contributed by atoms with van der Waals surface area (Å²) in [5.74, 6) is 0.763. The van der Waals surface area contributed by atoms with Gasteiger partial charge in [0.05, 0.1) is 6.10 Å². The van der Waals surface area contributed by atoms with E-state index in [1.54, 1.807) is 0 Å². The van der Waals surface area contributed by atoms with Crippen LogP contribution in [0.1, 0.15) is 32.6 Å². The standard InChI is InChI=1S/C7H14O.2H2S/c1-6-3-2-4-7(8)5-6;;/h6-8H,2-5H2,1H3;2*1H2/t6-,7+;;/m0../s1. The Labute approximate surface area is 77.1 Å². The Bertz CT molecular complexity index is 70.0. The van der Waals surface area contributed by atoms with E-state index in [2.05, 4.69) is 6.92 Å². The maximum Gasteiger partial charge on any atom is 0.0542 e. The van der Waals surface area contributed by atoms with Gasteiger partial charge in [-0.15, -0.1) is 0 Å². The highest BCUT2D eigenvalue weighted by atomic mass is 32.1. The van der Waals surface area contributed by atoms with Gasteiger partial charge in [-0.3, -0.25) is 0 Å². The molecule has 0 spiro atoms. The number of hydrogen-bond donors (Lipinski definition) is 1. The lowest BCUT2D eigenvalue weighted by Gasteiger charge is -2.21. The van der Waals surface area contributed by atoms with Crippen LogP contribution in [0.5, 0.6) is 0 Å². The Morgan fingerprint density at radius 2 is 1.80 bits per heavy atom. The molecule has 1 aliphatic carbocycles. The molecule has 0 unspecified atom stereocenters. The third kappa shape index (κ3) is 4.47. The van der Waals surface area contributed by atoms with Gasteiger partial charge in [-0.2, -0.15) is 27.0 Å². The molecule has 0 amide bonds. The molecule has 3 heteroatoms. The van der Waals surface area contributed by atoms with Crippen LogP contribution in [0.3, 0.4) is 0 Å². The van der Waals surface area contributed by atoms with E-state index in [4.69, 9.17) is 5.11 Å². The zero-order valence-electron chi connectivity index (χ0n) is 6.43. The van der Waals surface area contributed by atoms with Crippen LogP contribution < -0.4 is 0 Å². The molecule has 64 valence electrons. The van der Waals surface area contributed by atoms with Crippen LogP contribution in [-0.4, -0.2) is 11.2 Å². The number of rotatable bonds is 0. The zero-order chi connectivity index (χ0) is 5.98. The quantitative estimate of drug-likeness (QED) is 0.605. The van der Waals surface area contributed by atoms with Crippen molar-refractivity contribution in [2.75, 3.05) is 0 Å². The van der Waals surface area contributed by atoms with Gasteiger partial charge in [-0.1, -0.05) is 19.8 Å². The number of aliphatic hydroxyl groups excluding tert-OH is 1. The largest absolute Gasteiger partial charge is 0.393 e. The van der Waals surface area contributed by atoms with E-state index in [0.717, 1.165) is 18.8 Å². The van der Waals surface area contributed by atoms with Crippen molar-refractivity contribution in [3.63, 3.8) is 0 Å². The fourth-order valence-corrected chi connectivity index (χ4v) is 1.40. The molecule has 1 rings (SSSR count). The first-order chi connectivity index (χ1) is 3.79. The topological polar surface area (TPSA) is 20.2 Å². The molecule has 2 atom stereocenters. The average molecular weight is 182 g/mol. The first kappa shape index (κ1) is 13.3. The minimum Gasteiger partial charge on any atom is -0.393 e. The Kier molecular flexibility index (Phi) is 8.46. The van der Waals surface area contributed by atoms with Gasteiger partial charge in [-0.25, -0.2) is 0 Å². The van der Waals surface area contributed by atoms with Gasteiger partial charge in [0.1, 0.15) is 0 Å². The highest BCUT2D eigenvalue weighted by molar-refractivity contribution is 7.59. The van der Waals surface area contributed by atoms with Gasteiger partial charge >= 0.3 is 0 Å². The maximum absolute atomic E-state index is 9.08. The summed E-state index contributed by atoms with van der Waals surface area (Å²) >= 11 is 0. The summed E-state index contributed by atoms with van der Waals surface area (Å²) in [6.07, 6.45) is 4.61. The smallest absolute Gasteiger partial charge is 0.0542 e. The predicted octanol–water partition coefficient (Wildman–Crippen LogP) is 1.78. The fraction of sp³-hybridized carbons (Fsp3) is 1.00. The Morgan fingerprint density at radius 1 is 1.20 bits per heavy atom. The van der Waals surface area contributed by atoms with Gasteiger partial charge in [0, 0.05) is 0 Å². The minimum atomic E-state index is 0. The number of aliphatic hydroxyl groups is 1. The molecule has 10 heavy (non-hydrogen) atoms. The van der Waals surface area contributed by atoms with Gasteiger partial charge in [-0.05, 0) is 18.8 Å². The molecule has 0 heterocycles. The van der Waals surface area contributed by atoms with Crippen LogP contribution in [-0.2, 0) is 0 Å². The van der Waals surface area contributed by atoms with Crippen LogP contribution in [0.2, 0.25) is 0 Å². The molecule has 1 nitrogen and oxygen atoms in total. The second-order valence-corrected chi connectivity index (χ2v) is 2.93. The SMILES string of the molecule is C[C@H]1CCC[C@@H](O)C1.S.S. The lowest BCUT2D eigenvalue weighted by atomic mass is 9.89. The van der Waals surface area contributed by atoms with Crippen molar-refractivity contribution < 1.29 is 5.11 Å². The summed E-state index contributed by atoms with van der Waals surface area (Å²) in [5.41, 5.74) is 0.